The van der Waals surface area contributed by atoms with Crippen molar-refractivity contribution in [2.45, 2.75) is 13.5 Å². The third-order valence-corrected chi connectivity index (χ3v) is 3.93. The monoisotopic (exact) mass is 371 g/mol. The molecule has 0 saturated carbocycles. The summed E-state index contributed by atoms with van der Waals surface area (Å²) in [5.74, 6) is 0. The molecule has 0 aliphatic rings. The van der Waals surface area contributed by atoms with Crippen molar-refractivity contribution in [1.82, 2.24) is 9.55 Å². The van der Waals surface area contributed by atoms with Gasteiger partial charge in [0.25, 0.3) is 11.2 Å². The Hall–Kier alpha value is -1.77. The molecular weight excluding hydrogens is 361 g/mol. The van der Waals surface area contributed by atoms with Crippen molar-refractivity contribution < 1.29 is 4.92 Å². The van der Waals surface area contributed by atoms with E-state index in [2.05, 4.69) is 4.98 Å². The van der Waals surface area contributed by atoms with Gasteiger partial charge in [-0.15, -0.1) is 0 Å². The van der Waals surface area contributed by atoms with Crippen LogP contribution in [0.5, 0.6) is 0 Å². The second kappa shape index (κ2) is 5.47. The van der Waals surface area contributed by atoms with E-state index < -0.39 is 4.92 Å². The van der Waals surface area contributed by atoms with Crippen molar-refractivity contribution in [1.29, 1.82) is 0 Å². The number of hydrogen-bond acceptors (Lipinski definition) is 4. The molecule has 0 fully saturated rings. The van der Waals surface area contributed by atoms with E-state index in [1.807, 2.05) is 22.6 Å². The number of halogens is 1. The third kappa shape index (κ3) is 2.80. The van der Waals surface area contributed by atoms with E-state index in [4.69, 9.17) is 0 Å². The van der Waals surface area contributed by atoms with Crippen molar-refractivity contribution in [2.75, 3.05) is 0 Å². The number of hydrogen-bond donors (Lipinski definition) is 0. The Morgan fingerprint density at radius 2 is 2.11 bits per heavy atom. The van der Waals surface area contributed by atoms with Crippen molar-refractivity contribution in [3.05, 3.63) is 65.9 Å². The smallest absolute Gasteiger partial charge is 0.274 e. The first-order valence-electron chi connectivity index (χ1n) is 5.44. The molecule has 0 N–H and O–H groups in total. The van der Waals surface area contributed by atoms with Gasteiger partial charge >= 0.3 is 0 Å². The van der Waals surface area contributed by atoms with Crippen LogP contribution < -0.4 is 5.56 Å². The molecule has 0 radical (unpaired) electrons. The molecule has 2 aromatic rings. The molecule has 1 heterocycles. The average Bonchev–Trinajstić information content (AvgIpc) is 2.40. The Kier molecular flexibility index (Phi) is 3.93. The zero-order valence-corrected chi connectivity index (χ0v) is 12.2. The Labute approximate surface area is 122 Å². The maximum Gasteiger partial charge on any atom is 0.274 e. The Balaban J connectivity index is 2.46. The van der Waals surface area contributed by atoms with Crippen LogP contribution in [0, 0.1) is 20.6 Å². The Morgan fingerprint density at radius 3 is 2.79 bits per heavy atom. The predicted octanol–water partition coefficient (Wildman–Crippen LogP) is 2.11. The normalized spacial score (nSPS) is 10.4. The molecular formula is C12H10IN3O3. The zero-order chi connectivity index (χ0) is 14.0. The first kappa shape index (κ1) is 13.7. The summed E-state index contributed by atoms with van der Waals surface area (Å²) in [6.07, 6.45) is 1.41. The number of aromatic nitrogens is 2. The second-order valence-electron chi connectivity index (χ2n) is 3.96. The fourth-order valence-electron chi connectivity index (χ4n) is 1.67. The lowest BCUT2D eigenvalue weighted by molar-refractivity contribution is -0.385. The SMILES string of the molecule is Cc1ncn(Cc2ccccc2[N+](=O)[O-])c(=O)c1I. The summed E-state index contributed by atoms with van der Waals surface area (Å²) in [7, 11) is 0. The van der Waals surface area contributed by atoms with Gasteiger partial charge in [0.05, 0.1) is 27.1 Å². The van der Waals surface area contributed by atoms with E-state index in [1.165, 1.54) is 17.0 Å². The van der Waals surface area contributed by atoms with Crippen LogP contribution in [0.3, 0.4) is 0 Å². The van der Waals surface area contributed by atoms with E-state index >= 15 is 0 Å². The second-order valence-corrected chi connectivity index (χ2v) is 5.04. The Bertz CT molecular complexity index is 697. The lowest BCUT2D eigenvalue weighted by Crippen LogP contribution is -2.24. The molecule has 1 aromatic heterocycles. The number of nitrogens with zero attached hydrogens (tertiary/aromatic N) is 3. The molecule has 1 aromatic carbocycles. The van der Waals surface area contributed by atoms with E-state index in [0.717, 1.165) is 0 Å². The van der Waals surface area contributed by atoms with Gasteiger partial charge in [-0.25, -0.2) is 4.98 Å². The van der Waals surface area contributed by atoms with Crippen LogP contribution in [0.4, 0.5) is 5.69 Å². The van der Waals surface area contributed by atoms with Crippen LogP contribution in [-0.4, -0.2) is 14.5 Å². The third-order valence-electron chi connectivity index (χ3n) is 2.69. The fraction of sp³-hybridized carbons (Fsp3) is 0.167. The molecule has 0 aliphatic heterocycles. The lowest BCUT2D eigenvalue weighted by atomic mass is 10.2. The summed E-state index contributed by atoms with van der Waals surface area (Å²) in [5, 5.41) is 10.9. The number of para-hydroxylation sites is 1. The van der Waals surface area contributed by atoms with Gasteiger partial charge in [0.1, 0.15) is 0 Å². The first-order valence-corrected chi connectivity index (χ1v) is 6.52. The quantitative estimate of drug-likeness (QED) is 0.471. The topological polar surface area (TPSA) is 78.0 Å². The van der Waals surface area contributed by atoms with Crippen LogP contribution in [-0.2, 0) is 6.54 Å². The molecule has 0 spiro atoms. The average molecular weight is 371 g/mol. The molecule has 0 amide bonds. The molecule has 19 heavy (non-hydrogen) atoms. The minimum absolute atomic E-state index is 0.00461. The first-order chi connectivity index (χ1) is 9.00. The number of nitro benzene ring substituents is 1. The highest BCUT2D eigenvalue weighted by molar-refractivity contribution is 14.1. The fourth-order valence-corrected chi connectivity index (χ4v) is 2.11. The van der Waals surface area contributed by atoms with Crippen molar-refractivity contribution in [2.24, 2.45) is 0 Å². The summed E-state index contributed by atoms with van der Waals surface area (Å²) >= 11 is 1.93. The van der Waals surface area contributed by atoms with Crippen molar-refractivity contribution in [3.8, 4) is 0 Å². The van der Waals surface area contributed by atoms with Crippen LogP contribution in [0.15, 0.2) is 35.4 Å². The van der Waals surface area contributed by atoms with Gasteiger partial charge in [0.2, 0.25) is 0 Å². The van der Waals surface area contributed by atoms with Crippen LogP contribution in [0.2, 0.25) is 0 Å². The molecule has 0 aliphatic carbocycles. The van der Waals surface area contributed by atoms with E-state index in [0.29, 0.717) is 14.8 Å². The summed E-state index contributed by atoms with van der Waals surface area (Å²) in [6, 6.07) is 6.37. The molecule has 6 nitrogen and oxygen atoms in total. The summed E-state index contributed by atoms with van der Waals surface area (Å²) in [4.78, 5) is 26.6. The molecule has 0 unspecified atom stereocenters. The number of nitro groups is 1. The van der Waals surface area contributed by atoms with E-state index in [-0.39, 0.29) is 17.8 Å². The molecule has 0 atom stereocenters. The van der Waals surface area contributed by atoms with Gasteiger partial charge in [0, 0.05) is 11.6 Å². The number of benzene rings is 1. The molecule has 0 saturated heterocycles. The molecule has 7 heteroatoms. The van der Waals surface area contributed by atoms with Gasteiger partial charge in [-0.05, 0) is 29.5 Å². The van der Waals surface area contributed by atoms with Crippen LogP contribution in [0.25, 0.3) is 0 Å². The summed E-state index contributed by atoms with van der Waals surface area (Å²) in [5.41, 5.74) is 0.955. The van der Waals surface area contributed by atoms with Gasteiger partial charge in [-0.3, -0.25) is 19.5 Å². The lowest BCUT2D eigenvalue weighted by Gasteiger charge is -2.07. The van der Waals surface area contributed by atoms with Crippen LogP contribution in [0.1, 0.15) is 11.3 Å². The highest BCUT2D eigenvalue weighted by Gasteiger charge is 2.14. The van der Waals surface area contributed by atoms with Crippen molar-refractivity contribution >= 4 is 28.3 Å². The zero-order valence-electron chi connectivity index (χ0n) is 10.0. The van der Waals surface area contributed by atoms with E-state index in [9.17, 15) is 14.9 Å². The highest BCUT2D eigenvalue weighted by Crippen LogP contribution is 2.18. The predicted molar refractivity (Wildman–Crippen MR) is 78.1 cm³/mol. The Morgan fingerprint density at radius 1 is 1.42 bits per heavy atom. The van der Waals surface area contributed by atoms with Crippen molar-refractivity contribution in [3.63, 3.8) is 0 Å². The maximum atomic E-state index is 12.0. The van der Waals surface area contributed by atoms with Crippen LogP contribution >= 0.6 is 22.6 Å². The molecule has 0 bridgehead atoms. The highest BCUT2D eigenvalue weighted by atomic mass is 127. The molecule has 2 rings (SSSR count). The summed E-state index contributed by atoms with van der Waals surface area (Å²) in [6.45, 7) is 1.89. The largest absolute Gasteiger partial charge is 0.294 e. The minimum atomic E-state index is -0.451. The number of aryl methyl sites for hydroxylation is 1. The summed E-state index contributed by atoms with van der Waals surface area (Å²) < 4.78 is 1.90. The van der Waals surface area contributed by atoms with Gasteiger partial charge in [-0.2, -0.15) is 0 Å². The van der Waals surface area contributed by atoms with E-state index in [1.54, 1.807) is 25.1 Å². The van der Waals surface area contributed by atoms with Gasteiger partial charge < -0.3 is 0 Å². The van der Waals surface area contributed by atoms with Gasteiger partial charge in [-0.1, -0.05) is 18.2 Å². The minimum Gasteiger partial charge on any atom is -0.294 e. The maximum absolute atomic E-state index is 12.0. The standard InChI is InChI=1S/C12H10IN3O3/c1-8-11(13)12(17)15(7-14-8)6-9-4-2-3-5-10(9)16(18)19/h2-5,7H,6H2,1H3. The molecule has 98 valence electrons. The van der Waals surface area contributed by atoms with Gasteiger partial charge in [0.15, 0.2) is 0 Å². The number of rotatable bonds is 3.